The van der Waals surface area contributed by atoms with Gasteiger partial charge in [0.15, 0.2) is 5.96 Å². The molecule has 0 aliphatic carbocycles. The molecule has 0 radical (unpaired) electrons. The minimum absolute atomic E-state index is 0.510. The fourth-order valence-electron chi connectivity index (χ4n) is 1.65. The Kier molecular flexibility index (Phi) is 4.73. The van der Waals surface area contributed by atoms with Crippen LogP contribution < -0.4 is 10.6 Å². The molecule has 2 aromatic rings. The molecule has 6 nitrogen and oxygen atoms in total. The Morgan fingerprint density at radius 2 is 2.05 bits per heavy atom. The summed E-state index contributed by atoms with van der Waals surface area (Å²) in [6, 6.07) is 0. The Morgan fingerprint density at radius 3 is 2.60 bits per heavy atom. The molecule has 108 valence electrons. The number of thiazole rings is 1. The maximum atomic E-state index is 5.51. The van der Waals surface area contributed by atoms with Gasteiger partial charge in [-0.1, -0.05) is 0 Å². The molecule has 0 spiro atoms. The van der Waals surface area contributed by atoms with E-state index in [1.165, 1.54) is 4.88 Å². The zero-order valence-corrected chi connectivity index (χ0v) is 13.0. The molecule has 0 saturated carbocycles. The molecule has 0 unspecified atom stereocenters. The van der Waals surface area contributed by atoms with E-state index in [1.54, 1.807) is 18.4 Å². The largest absolute Gasteiger partial charge is 0.444 e. The van der Waals surface area contributed by atoms with Crippen molar-refractivity contribution in [3.05, 3.63) is 33.4 Å². The van der Waals surface area contributed by atoms with E-state index in [2.05, 4.69) is 25.6 Å². The maximum Gasteiger partial charge on any atom is 0.214 e. The topological polar surface area (TPSA) is 75.3 Å². The van der Waals surface area contributed by atoms with Gasteiger partial charge < -0.3 is 15.1 Å². The van der Waals surface area contributed by atoms with Crippen LogP contribution in [0.4, 0.5) is 0 Å². The first-order valence-corrected chi connectivity index (χ1v) is 7.19. The second-order valence-electron chi connectivity index (χ2n) is 4.37. The van der Waals surface area contributed by atoms with Gasteiger partial charge in [0.25, 0.3) is 0 Å². The smallest absolute Gasteiger partial charge is 0.214 e. The van der Waals surface area contributed by atoms with Crippen molar-refractivity contribution >= 4 is 17.3 Å². The van der Waals surface area contributed by atoms with Gasteiger partial charge in [-0.15, -0.1) is 11.3 Å². The minimum atomic E-state index is 0.510. The van der Waals surface area contributed by atoms with Crippen LogP contribution in [0.2, 0.25) is 0 Å². The van der Waals surface area contributed by atoms with Crippen LogP contribution in [0.1, 0.15) is 27.2 Å². The number of oxazole rings is 1. The summed E-state index contributed by atoms with van der Waals surface area (Å²) in [6.45, 7) is 7.05. The molecule has 2 rings (SSSR count). The number of nitrogens with zero attached hydrogens (tertiary/aromatic N) is 3. The summed E-state index contributed by atoms with van der Waals surface area (Å²) in [5.74, 6) is 2.23. The molecular formula is C13H19N5OS. The Bertz CT molecular complexity index is 582. The van der Waals surface area contributed by atoms with E-state index in [9.17, 15) is 0 Å². The van der Waals surface area contributed by atoms with Crippen molar-refractivity contribution in [1.82, 2.24) is 20.6 Å². The first-order chi connectivity index (χ1) is 9.58. The summed E-state index contributed by atoms with van der Waals surface area (Å²) >= 11 is 1.67. The van der Waals surface area contributed by atoms with Gasteiger partial charge in [0.05, 0.1) is 23.8 Å². The van der Waals surface area contributed by atoms with E-state index >= 15 is 0 Å². The fourth-order valence-corrected chi connectivity index (χ4v) is 2.39. The molecule has 0 saturated heterocycles. The number of guanidine groups is 1. The van der Waals surface area contributed by atoms with E-state index in [0.717, 1.165) is 16.5 Å². The van der Waals surface area contributed by atoms with Crippen molar-refractivity contribution in [2.75, 3.05) is 7.05 Å². The van der Waals surface area contributed by atoms with Gasteiger partial charge in [0, 0.05) is 18.1 Å². The normalized spacial score (nSPS) is 11.7. The molecule has 2 N–H and O–H groups in total. The van der Waals surface area contributed by atoms with Crippen LogP contribution in [0.15, 0.2) is 15.6 Å². The van der Waals surface area contributed by atoms with Gasteiger partial charge in [-0.25, -0.2) is 9.97 Å². The average molecular weight is 293 g/mol. The predicted octanol–water partition coefficient (Wildman–Crippen LogP) is 1.92. The van der Waals surface area contributed by atoms with E-state index in [1.807, 2.05) is 27.0 Å². The van der Waals surface area contributed by atoms with Crippen LogP contribution in [0.25, 0.3) is 0 Å². The Balaban J connectivity index is 1.83. The van der Waals surface area contributed by atoms with Crippen LogP contribution >= 0.6 is 11.3 Å². The lowest BCUT2D eigenvalue weighted by molar-refractivity contribution is 0.463. The van der Waals surface area contributed by atoms with E-state index in [0.29, 0.717) is 24.9 Å². The summed E-state index contributed by atoms with van der Waals surface area (Å²) in [4.78, 5) is 13.9. The lowest BCUT2D eigenvalue weighted by Gasteiger charge is -2.09. The zero-order valence-electron chi connectivity index (χ0n) is 12.1. The van der Waals surface area contributed by atoms with Crippen LogP contribution in [0.5, 0.6) is 0 Å². The van der Waals surface area contributed by atoms with Crippen LogP contribution in [-0.2, 0) is 13.1 Å². The van der Waals surface area contributed by atoms with Crippen molar-refractivity contribution in [3.8, 4) is 0 Å². The Labute approximate surface area is 122 Å². The fraction of sp³-hybridized carbons (Fsp3) is 0.462. The van der Waals surface area contributed by atoms with Gasteiger partial charge >= 0.3 is 0 Å². The van der Waals surface area contributed by atoms with Gasteiger partial charge in [0.1, 0.15) is 5.76 Å². The quantitative estimate of drug-likeness (QED) is 0.665. The first-order valence-electron chi connectivity index (χ1n) is 6.37. The van der Waals surface area contributed by atoms with Gasteiger partial charge in [0.2, 0.25) is 5.89 Å². The number of nitrogens with one attached hydrogen (secondary N) is 2. The van der Waals surface area contributed by atoms with Crippen LogP contribution in [-0.4, -0.2) is 23.0 Å². The molecule has 0 fully saturated rings. The van der Waals surface area contributed by atoms with E-state index in [-0.39, 0.29) is 0 Å². The molecule has 0 bridgehead atoms. The summed E-state index contributed by atoms with van der Waals surface area (Å²) in [6.07, 6.45) is 1.88. The molecule has 0 atom stereocenters. The van der Waals surface area contributed by atoms with E-state index < -0.39 is 0 Å². The van der Waals surface area contributed by atoms with E-state index in [4.69, 9.17) is 4.42 Å². The molecule has 0 aliphatic rings. The summed E-state index contributed by atoms with van der Waals surface area (Å²) in [5.41, 5.74) is 0.921. The van der Waals surface area contributed by atoms with Gasteiger partial charge in [-0.05, 0) is 20.8 Å². The number of aryl methyl sites for hydroxylation is 3. The molecule has 0 aliphatic heterocycles. The predicted molar refractivity (Wildman–Crippen MR) is 79.9 cm³/mol. The van der Waals surface area contributed by atoms with Crippen molar-refractivity contribution in [1.29, 1.82) is 0 Å². The lowest BCUT2D eigenvalue weighted by Crippen LogP contribution is -2.36. The second kappa shape index (κ2) is 6.51. The van der Waals surface area contributed by atoms with Crippen molar-refractivity contribution in [3.63, 3.8) is 0 Å². The average Bonchev–Trinajstić information content (AvgIpc) is 2.97. The maximum absolute atomic E-state index is 5.51. The number of aliphatic imine (C=N–C) groups is 1. The highest BCUT2D eigenvalue weighted by Crippen LogP contribution is 2.10. The highest BCUT2D eigenvalue weighted by molar-refractivity contribution is 7.11. The molecule has 0 aromatic carbocycles. The number of aromatic nitrogens is 2. The third kappa shape index (κ3) is 3.80. The molecule has 20 heavy (non-hydrogen) atoms. The monoisotopic (exact) mass is 293 g/mol. The Hall–Kier alpha value is -1.89. The minimum Gasteiger partial charge on any atom is -0.444 e. The zero-order chi connectivity index (χ0) is 14.5. The number of rotatable bonds is 4. The summed E-state index contributed by atoms with van der Waals surface area (Å²) in [5, 5.41) is 7.47. The third-order valence-electron chi connectivity index (χ3n) is 2.80. The molecule has 2 aromatic heterocycles. The molecule has 0 amide bonds. The Morgan fingerprint density at radius 1 is 1.30 bits per heavy atom. The van der Waals surface area contributed by atoms with Crippen LogP contribution in [0.3, 0.4) is 0 Å². The standard InChI is InChI=1S/C13H19N5OS/c1-8-9(2)19-12(18-8)7-17-13(14-4)16-6-11-5-15-10(3)20-11/h5H,6-7H2,1-4H3,(H2,14,16,17). The summed E-state index contributed by atoms with van der Waals surface area (Å²) < 4.78 is 5.51. The molecule has 7 heteroatoms. The first kappa shape index (κ1) is 14.5. The van der Waals surface area contributed by atoms with Crippen molar-refractivity contribution in [2.24, 2.45) is 4.99 Å². The SMILES string of the molecule is CN=C(NCc1nc(C)c(C)o1)NCc1cnc(C)s1. The highest BCUT2D eigenvalue weighted by atomic mass is 32.1. The lowest BCUT2D eigenvalue weighted by atomic mass is 10.4. The van der Waals surface area contributed by atoms with Crippen LogP contribution in [0, 0.1) is 20.8 Å². The second-order valence-corrected chi connectivity index (χ2v) is 5.69. The van der Waals surface area contributed by atoms with Gasteiger partial charge in [-0.3, -0.25) is 4.99 Å². The number of hydrogen-bond acceptors (Lipinski definition) is 5. The highest BCUT2D eigenvalue weighted by Gasteiger charge is 2.06. The van der Waals surface area contributed by atoms with Gasteiger partial charge in [-0.2, -0.15) is 0 Å². The third-order valence-corrected chi connectivity index (χ3v) is 3.72. The summed E-state index contributed by atoms with van der Waals surface area (Å²) in [7, 11) is 1.74. The van der Waals surface area contributed by atoms with Crippen molar-refractivity contribution in [2.45, 2.75) is 33.9 Å². The number of hydrogen-bond donors (Lipinski definition) is 2. The van der Waals surface area contributed by atoms with Crippen molar-refractivity contribution < 1.29 is 4.42 Å². The molecular weight excluding hydrogens is 274 g/mol. The molecule has 2 heterocycles.